The van der Waals surface area contributed by atoms with Crippen LogP contribution in [-0.2, 0) is 6.54 Å². The van der Waals surface area contributed by atoms with E-state index in [2.05, 4.69) is 145 Å². The van der Waals surface area contributed by atoms with E-state index in [9.17, 15) is 0 Å². The summed E-state index contributed by atoms with van der Waals surface area (Å²) in [5.41, 5.74) is 9.49. The molecular formula is C33H34N4. The molecule has 2 aromatic carbocycles. The Hall–Kier alpha value is -4.15. The van der Waals surface area contributed by atoms with Crippen LogP contribution in [0.3, 0.4) is 0 Å². The highest BCUT2D eigenvalue weighted by molar-refractivity contribution is 5.81. The highest BCUT2D eigenvalue weighted by Crippen LogP contribution is 2.28. The van der Waals surface area contributed by atoms with Crippen molar-refractivity contribution in [3.63, 3.8) is 0 Å². The van der Waals surface area contributed by atoms with Crippen molar-refractivity contribution in [2.75, 3.05) is 6.54 Å². The van der Waals surface area contributed by atoms with Gasteiger partial charge in [-0.15, -0.1) is 0 Å². The molecule has 5 rings (SSSR count). The van der Waals surface area contributed by atoms with E-state index in [4.69, 9.17) is 4.98 Å². The minimum absolute atomic E-state index is 0.759. The zero-order chi connectivity index (χ0) is 25.8. The van der Waals surface area contributed by atoms with E-state index >= 15 is 0 Å². The highest BCUT2D eigenvalue weighted by atomic mass is 15.1. The molecule has 0 spiro atoms. The SMILES string of the molecule is Cc1ccc(C)n1-c1cc(/C(=C\CNCc2ccccc2)c2ccccc2)cc(-n2c(C)ccc2C)n1. The summed E-state index contributed by atoms with van der Waals surface area (Å²) in [6, 6.07) is 34.2. The second kappa shape index (κ2) is 10.9. The van der Waals surface area contributed by atoms with Crippen molar-refractivity contribution in [3.05, 3.63) is 143 Å². The van der Waals surface area contributed by atoms with E-state index in [-0.39, 0.29) is 0 Å². The van der Waals surface area contributed by atoms with Crippen molar-refractivity contribution in [3.8, 4) is 11.6 Å². The maximum atomic E-state index is 5.16. The molecule has 3 aromatic heterocycles. The number of aromatic nitrogens is 3. The molecule has 0 radical (unpaired) electrons. The normalized spacial score (nSPS) is 11.7. The predicted molar refractivity (Wildman–Crippen MR) is 154 cm³/mol. The molecule has 0 saturated heterocycles. The summed E-state index contributed by atoms with van der Waals surface area (Å²) in [6.07, 6.45) is 2.30. The van der Waals surface area contributed by atoms with Crippen LogP contribution in [0.5, 0.6) is 0 Å². The van der Waals surface area contributed by atoms with Gasteiger partial charge in [-0.3, -0.25) is 0 Å². The molecule has 5 aromatic rings. The second-order valence-electron chi connectivity index (χ2n) is 9.58. The Bertz CT molecular complexity index is 1420. The van der Waals surface area contributed by atoms with Gasteiger partial charge in [0.2, 0.25) is 0 Å². The number of benzene rings is 2. The summed E-state index contributed by atoms with van der Waals surface area (Å²) in [4.78, 5) is 5.16. The third kappa shape index (κ3) is 5.35. The number of pyridine rings is 1. The molecule has 186 valence electrons. The van der Waals surface area contributed by atoms with E-state index < -0.39 is 0 Å². The molecule has 4 nitrogen and oxygen atoms in total. The van der Waals surface area contributed by atoms with Crippen molar-refractivity contribution in [2.45, 2.75) is 34.2 Å². The van der Waals surface area contributed by atoms with Crippen LogP contribution in [0.15, 0.2) is 103 Å². The molecule has 0 bridgehead atoms. The zero-order valence-electron chi connectivity index (χ0n) is 22.1. The van der Waals surface area contributed by atoms with Crippen molar-refractivity contribution in [2.24, 2.45) is 0 Å². The maximum Gasteiger partial charge on any atom is 0.140 e. The monoisotopic (exact) mass is 486 g/mol. The topological polar surface area (TPSA) is 34.8 Å². The Morgan fingerprint density at radius 3 is 1.65 bits per heavy atom. The van der Waals surface area contributed by atoms with Crippen LogP contribution in [0.1, 0.15) is 39.5 Å². The average Bonchev–Trinajstić information content (AvgIpc) is 3.44. The minimum Gasteiger partial charge on any atom is -0.309 e. The Labute approximate surface area is 219 Å². The van der Waals surface area contributed by atoms with Gasteiger partial charge in [0.1, 0.15) is 11.6 Å². The van der Waals surface area contributed by atoms with E-state index in [0.717, 1.165) is 30.3 Å². The van der Waals surface area contributed by atoms with Gasteiger partial charge in [-0.25, -0.2) is 4.98 Å². The first-order valence-electron chi connectivity index (χ1n) is 12.8. The number of rotatable bonds is 8. The molecule has 0 amide bonds. The smallest absolute Gasteiger partial charge is 0.140 e. The molecule has 0 atom stereocenters. The maximum absolute atomic E-state index is 5.16. The highest BCUT2D eigenvalue weighted by Gasteiger charge is 2.15. The lowest BCUT2D eigenvalue weighted by Crippen LogP contribution is -2.13. The van der Waals surface area contributed by atoms with Crippen molar-refractivity contribution < 1.29 is 0 Å². The molecule has 0 unspecified atom stereocenters. The molecule has 37 heavy (non-hydrogen) atoms. The van der Waals surface area contributed by atoms with Gasteiger partial charge >= 0.3 is 0 Å². The summed E-state index contributed by atoms with van der Waals surface area (Å²) in [5, 5.41) is 3.59. The molecule has 0 aliphatic heterocycles. The van der Waals surface area contributed by atoms with E-state index in [1.165, 1.54) is 39.5 Å². The van der Waals surface area contributed by atoms with Gasteiger partial charge in [-0.2, -0.15) is 0 Å². The average molecular weight is 487 g/mol. The Morgan fingerprint density at radius 2 is 1.14 bits per heavy atom. The van der Waals surface area contributed by atoms with Crippen LogP contribution in [-0.4, -0.2) is 20.7 Å². The number of hydrogen-bond acceptors (Lipinski definition) is 2. The standard InChI is InChI=1S/C33H34N4/c1-24-15-16-25(2)36(24)32-21-30(22-33(35-32)37-26(3)17-18-27(37)4)31(29-13-9-6-10-14-29)19-20-34-23-28-11-7-5-8-12-28/h5-19,21-22,34H,20,23H2,1-4H3/b31-19-. The van der Waals surface area contributed by atoms with Gasteiger partial charge in [0.05, 0.1) is 0 Å². The first-order chi connectivity index (χ1) is 18.0. The van der Waals surface area contributed by atoms with Crippen LogP contribution in [0.25, 0.3) is 17.2 Å². The number of hydrogen-bond donors (Lipinski definition) is 1. The van der Waals surface area contributed by atoms with E-state index in [0.29, 0.717) is 0 Å². The molecular weight excluding hydrogens is 452 g/mol. The van der Waals surface area contributed by atoms with Crippen LogP contribution >= 0.6 is 0 Å². The van der Waals surface area contributed by atoms with Gasteiger partial charge in [0, 0.05) is 35.9 Å². The minimum atomic E-state index is 0.759. The largest absolute Gasteiger partial charge is 0.309 e. The molecule has 4 heteroatoms. The first kappa shape index (κ1) is 24.5. The van der Waals surface area contributed by atoms with Crippen LogP contribution in [0.2, 0.25) is 0 Å². The van der Waals surface area contributed by atoms with Crippen LogP contribution < -0.4 is 5.32 Å². The van der Waals surface area contributed by atoms with Gasteiger partial charge < -0.3 is 14.5 Å². The summed E-state index contributed by atoms with van der Waals surface area (Å²) in [5.74, 6) is 1.86. The van der Waals surface area contributed by atoms with Crippen molar-refractivity contribution in [1.82, 2.24) is 19.4 Å². The molecule has 0 fully saturated rings. The first-order valence-corrected chi connectivity index (χ1v) is 12.8. The molecule has 0 aliphatic rings. The summed E-state index contributed by atoms with van der Waals surface area (Å²) in [7, 11) is 0. The molecule has 1 N–H and O–H groups in total. The van der Waals surface area contributed by atoms with E-state index in [1.54, 1.807) is 0 Å². The van der Waals surface area contributed by atoms with Gasteiger partial charge in [-0.1, -0.05) is 66.7 Å². The fourth-order valence-electron chi connectivity index (χ4n) is 4.95. The van der Waals surface area contributed by atoms with Gasteiger partial charge in [0.15, 0.2) is 0 Å². The fraction of sp³-hybridized carbons (Fsp3) is 0.182. The quantitative estimate of drug-likeness (QED) is 0.237. The summed E-state index contributed by atoms with van der Waals surface area (Å²) in [6.45, 7) is 10.1. The predicted octanol–water partition coefficient (Wildman–Crippen LogP) is 7.12. The molecule has 0 saturated carbocycles. The third-order valence-corrected chi connectivity index (χ3v) is 6.82. The Kier molecular flexibility index (Phi) is 7.20. The van der Waals surface area contributed by atoms with Crippen molar-refractivity contribution in [1.29, 1.82) is 0 Å². The second-order valence-corrected chi connectivity index (χ2v) is 9.58. The number of nitrogens with zero attached hydrogens (tertiary/aromatic N) is 3. The van der Waals surface area contributed by atoms with Crippen molar-refractivity contribution >= 4 is 5.57 Å². The Morgan fingerprint density at radius 1 is 0.649 bits per heavy atom. The van der Waals surface area contributed by atoms with Crippen LogP contribution in [0, 0.1) is 27.7 Å². The zero-order valence-corrected chi connectivity index (χ0v) is 22.1. The van der Waals surface area contributed by atoms with Gasteiger partial charge in [0.25, 0.3) is 0 Å². The van der Waals surface area contributed by atoms with E-state index in [1.807, 2.05) is 0 Å². The number of aryl methyl sites for hydroxylation is 4. The van der Waals surface area contributed by atoms with Crippen LogP contribution in [0.4, 0.5) is 0 Å². The molecule has 0 aliphatic carbocycles. The summed E-state index contributed by atoms with van der Waals surface area (Å²) >= 11 is 0. The summed E-state index contributed by atoms with van der Waals surface area (Å²) < 4.78 is 4.47. The molecule has 3 heterocycles. The lowest BCUT2D eigenvalue weighted by Gasteiger charge is -2.17. The third-order valence-electron chi connectivity index (χ3n) is 6.82. The fourth-order valence-corrected chi connectivity index (χ4v) is 4.95. The lowest BCUT2D eigenvalue weighted by molar-refractivity contribution is 0.760. The Balaban J connectivity index is 1.61. The van der Waals surface area contributed by atoms with Gasteiger partial charge in [-0.05, 0) is 86.4 Å². The lowest BCUT2D eigenvalue weighted by atomic mass is 9.97. The number of nitrogens with one attached hydrogen (secondary N) is 1.